The number of anilines is 1. The van der Waals surface area contributed by atoms with Gasteiger partial charge in [0.05, 0.1) is 11.5 Å². The van der Waals surface area contributed by atoms with Crippen LogP contribution in [0.5, 0.6) is 0 Å². The van der Waals surface area contributed by atoms with E-state index in [1.54, 1.807) is 24.0 Å². The second-order valence-electron chi connectivity index (χ2n) is 8.59. The second kappa shape index (κ2) is 8.97. The molecule has 174 valence electrons. The molecular weight excluding hydrogens is 445 g/mol. The predicted octanol–water partition coefficient (Wildman–Crippen LogP) is 3.68. The van der Waals surface area contributed by atoms with Crippen LogP contribution in [-0.2, 0) is 16.4 Å². The minimum absolute atomic E-state index is 0.0493. The molecule has 9 heteroatoms. The Morgan fingerprint density at radius 3 is 2.48 bits per heavy atom. The molecule has 0 spiro atoms. The van der Waals surface area contributed by atoms with Crippen LogP contribution >= 0.6 is 0 Å². The van der Waals surface area contributed by atoms with Crippen molar-refractivity contribution in [3.8, 4) is 11.3 Å². The van der Waals surface area contributed by atoms with Gasteiger partial charge in [0, 0.05) is 44.0 Å². The molecule has 1 atom stereocenters. The molecule has 1 unspecified atom stereocenters. The molecule has 0 aliphatic carbocycles. The van der Waals surface area contributed by atoms with Crippen LogP contribution < -0.4 is 4.90 Å². The Morgan fingerprint density at radius 2 is 1.88 bits per heavy atom. The number of hydrogen-bond acceptors (Lipinski definition) is 6. The zero-order valence-corrected chi connectivity index (χ0v) is 19.6. The molecule has 7 nitrogen and oxygen atoms in total. The van der Waals surface area contributed by atoms with E-state index in [0.29, 0.717) is 17.5 Å². The fourth-order valence-corrected chi connectivity index (χ4v) is 5.62. The van der Waals surface area contributed by atoms with Gasteiger partial charge in [0.1, 0.15) is 5.82 Å². The summed E-state index contributed by atoms with van der Waals surface area (Å²) in [6, 6.07) is 13.4. The lowest BCUT2D eigenvalue weighted by atomic mass is 10.1. The summed E-state index contributed by atoms with van der Waals surface area (Å²) < 4.78 is 43.5. The van der Waals surface area contributed by atoms with Crippen LogP contribution in [0.3, 0.4) is 0 Å². The standard InChI is InChI=1S/C24H26FN3O4S/c1-16-4-7-18(12-21(16)25)23-13-22(26-32-23)24(29)28(20-10-11-33(30,31)15-20)14-17-5-8-19(9-6-17)27(2)3/h4-9,12-13,20H,10-11,14-15H2,1-3H3. The molecule has 0 bridgehead atoms. The summed E-state index contributed by atoms with van der Waals surface area (Å²) in [4.78, 5) is 16.9. The van der Waals surface area contributed by atoms with Gasteiger partial charge in [-0.2, -0.15) is 0 Å². The fraction of sp³-hybridized carbons (Fsp3) is 0.333. The first-order valence-corrected chi connectivity index (χ1v) is 12.5. The maximum Gasteiger partial charge on any atom is 0.276 e. The van der Waals surface area contributed by atoms with E-state index >= 15 is 0 Å². The first-order valence-electron chi connectivity index (χ1n) is 10.6. The zero-order valence-electron chi connectivity index (χ0n) is 18.8. The van der Waals surface area contributed by atoms with E-state index in [4.69, 9.17) is 4.52 Å². The van der Waals surface area contributed by atoms with Crippen LogP contribution in [0.4, 0.5) is 10.1 Å². The van der Waals surface area contributed by atoms with E-state index < -0.39 is 21.8 Å². The van der Waals surface area contributed by atoms with Crippen molar-refractivity contribution < 1.29 is 22.1 Å². The summed E-state index contributed by atoms with van der Waals surface area (Å²) >= 11 is 0. The third-order valence-corrected chi connectivity index (χ3v) is 7.65. The van der Waals surface area contributed by atoms with Crippen LogP contribution in [0.25, 0.3) is 11.3 Å². The number of rotatable bonds is 6. The van der Waals surface area contributed by atoms with Crippen LogP contribution in [0.15, 0.2) is 53.1 Å². The Hall–Kier alpha value is -3.20. The van der Waals surface area contributed by atoms with Gasteiger partial charge in [0.15, 0.2) is 21.3 Å². The van der Waals surface area contributed by atoms with Crippen molar-refractivity contribution in [3.63, 3.8) is 0 Å². The lowest BCUT2D eigenvalue weighted by Gasteiger charge is -2.27. The van der Waals surface area contributed by atoms with Gasteiger partial charge in [-0.1, -0.05) is 29.4 Å². The number of nitrogens with zero attached hydrogens (tertiary/aromatic N) is 3. The lowest BCUT2D eigenvalue weighted by molar-refractivity contribution is 0.0670. The van der Waals surface area contributed by atoms with Gasteiger partial charge in [-0.15, -0.1) is 0 Å². The van der Waals surface area contributed by atoms with Crippen LogP contribution in [0.1, 0.15) is 28.0 Å². The monoisotopic (exact) mass is 471 g/mol. The highest BCUT2D eigenvalue weighted by molar-refractivity contribution is 7.91. The van der Waals surface area contributed by atoms with Gasteiger partial charge in [0.25, 0.3) is 5.91 Å². The van der Waals surface area contributed by atoms with Crippen molar-refractivity contribution in [2.24, 2.45) is 0 Å². The van der Waals surface area contributed by atoms with Crippen LogP contribution in [0.2, 0.25) is 0 Å². The molecule has 4 rings (SSSR count). The smallest absolute Gasteiger partial charge is 0.276 e. The Labute approximate surface area is 192 Å². The number of carbonyl (C=O) groups excluding carboxylic acids is 1. The highest BCUT2D eigenvalue weighted by Crippen LogP contribution is 2.26. The number of carbonyl (C=O) groups is 1. The Bertz CT molecular complexity index is 1270. The number of amides is 1. The molecular formula is C24H26FN3O4S. The highest BCUT2D eigenvalue weighted by Gasteiger charge is 2.36. The topological polar surface area (TPSA) is 83.7 Å². The molecule has 33 heavy (non-hydrogen) atoms. The molecule has 2 heterocycles. The minimum Gasteiger partial charge on any atom is -0.378 e. The van der Waals surface area contributed by atoms with Crippen molar-refractivity contribution in [2.45, 2.75) is 25.9 Å². The first kappa shape index (κ1) is 23.0. The summed E-state index contributed by atoms with van der Waals surface area (Å²) in [7, 11) is 0.682. The van der Waals surface area contributed by atoms with Crippen molar-refractivity contribution in [3.05, 3.63) is 71.2 Å². The number of sulfone groups is 1. The van der Waals surface area contributed by atoms with E-state index in [0.717, 1.165) is 11.3 Å². The number of hydrogen-bond donors (Lipinski definition) is 0. The van der Waals surface area contributed by atoms with Crippen molar-refractivity contribution >= 4 is 21.4 Å². The summed E-state index contributed by atoms with van der Waals surface area (Å²) in [5.41, 5.74) is 2.93. The second-order valence-corrected chi connectivity index (χ2v) is 10.8. The molecule has 1 fully saturated rings. The normalized spacial score (nSPS) is 17.2. The molecule has 0 saturated carbocycles. The van der Waals surface area contributed by atoms with Gasteiger partial charge in [0.2, 0.25) is 0 Å². The van der Waals surface area contributed by atoms with E-state index in [2.05, 4.69) is 5.16 Å². The number of halogens is 1. The Kier molecular flexibility index (Phi) is 6.25. The minimum atomic E-state index is -3.20. The van der Waals surface area contributed by atoms with E-state index in [1.165, 1.54) is 12.1 Å². The maximum absolute atomic E-state index is 14.0. The zero-order chi connectivity index (χ0) is 23.8. The van der Waals surface area contributed by atoms with Crippen LogP contribution in [0, 0.1) is 12.7 Å². The van der Waals surface area contributed by atoms with Gasteiger partial charge in [-0.3, -0.25) is 4.79 Å². The molecule has 1 saturated heterocycles. The van der Waals surface area contributed by atoms with Gasteiger partial charge in [-0.25, -0.2) is 12.8 Å². The van der Waals surface area contributed by atoms with E-state index in [-0.39, 0.29) is 35.3 Å². The third kappa shape index (κ3) is 5.08. The summed E-state index contributed by atoms with van der Waals surface area (Å²) in [6.45, 7) is 1.90. The Morgan fingerprint density at radius 1 is 1.15 bits per heavy atom. The largest absolute Gasteiger partial charge is 0.378 e. The molecule has 1 aliphatic rings. The number of aryl methyl sites for hydroxylation is 1. The quantitative estimate of drug-likeness (QED) is 0.545. The van der Waals surface area contributed by atoms with Crippen LogP contribution in [-0.4, -0.2) is 56.0 Å². The van der Waals surface area contributed by atoms with Gasteiger partial charge >= 0.3 is 0 Å². The SMILES string of the molecule is Cc1ccc(-c2cc(C(=O)N(Cc3ccc(N(C)C)cc3)C3CCS(=O)(=O)C3)no2)cc1F. The molecule has 1 aliphatic heterocycles. The molecule has 1 aromatic heterocycles. The van der Waals surface area contributed by atoms with Crippen molar-refractivity contribution in [1.82, 2.24) is 10.1 Å². The number of aromatic nitrogens is 1. The third-order valence-electron chi connectivity index (χ3n) is 5.90. The maximum atomic E-state index is 14.0. The molecule has 0 N–H and O–H groups in total. The molecule has 2 aromatic carbocycles. The molecule has 0 radical (unpaired) electrons. The average molecular weight is 472 g/mol. The van der Waals surface area contributed by atoms with Gasteiger partial charge in [-0.05, 0) is 42.7 Å². The Balaban J connectivity index is 1.62. The number of benzene rings is 2. The lowest BCUT2D eigenvalue weighted by Crippen LogP contribution is -2.40. The van der Waals surface area contributed by atoms with Crippen molar-refractivity contribution in [2.75, 3.05) is 30.5 Å². The van der Waals surface area contributed by atoms with Gasteiger partial charge < -0.3 is 14.3 Å². The average Bonchev–Trinajstić information content (AvgIpc) is 3.40. The predicted molar refractivity (Wildman–Crippen MR) is 124 cm³/mol. The van der Waals surface area contributed by atoms with E-state index in [1.807, 2.05) is 43.3 Å². The first-order chi connectivity index (χ1) is 15.6. The summed E-state index contributed by atoms with van der Waals surface area (Å²) in [5.74, 6) is -0.561. The fourth-order valence-electron chi connectivity index (χ4n) is 3.89. The summed E-state index contributed by atoms with van der Waals surface area (Å²) in [5, 5.41) is 3.91. The molecule has 1 amide bonds. The van der Waals surface area contributed by atoms with Crippen molar-refractivity contribution in [1.29, 1.82) is 0 Å². The highest BCUT2D eigenvalue weighted by atomic mass is 32.2. The molecule has 3 aromatic rings. The van der Waals surface area contributed by atoms with E-state index in [9.17, 15) is 17.6 Å². The summed E-state index contributed by atoms with van der Waals surface area (Å²) in [6.07, 6.45) is 0.373.